The van der Waals surface area contributed by atoms with Crippen LogP contribution in [0.2, 0.25) is 0 Å². The molecule has 0 unspecified atom stereocenters. The molecule has 0 saturated carbocycles. The molecule has 3 aromatic rings. The first-order chi connectivity index (χ1) is 13.1. The van der Waals surface area contributed by atoms with Crippen molar-refractivity contribution in [3.8, 4) is 11.3 Å². The molecule has 2 heterocycles. The summed E-state index contributed by atoms with van der Waals surface area (Å²) in [5.74, 6) is -0.188. The molecule has 4 nitrogen and oxygen atoms in total. The molecule has 0 spiro atoms. The zero-order valence-electron chi connectivity index (χ0n) is 15.7. The molecule has 0 aliphatic heterocycles. The summed E-state index contributed by atoms with van der Waals surface area (Å²) in [7, 11) is 0. The minimum Gasteiger partial charge on any atom is -0.339 e. The smallest absolute Gasteiger partial charge is 0.339 e. The van der Waals surface area contributed by atoms with Gasteiger partial charge in [-0.25, -0.2) is 4.98 Å². The van der Waals surface area contributed by atoms with Gasteiger partial charge in [0.25, 0.3) is 0 Å². The van der Waals surface area contributed by atoms with Crippen LogP contribution in [0.25, 0.3) is 11.3 Å². The fourth-order valence-corrected chi connectivity index (χ4v) is 3.77. The number of thiazole rings is 1. The van der Waals surface area contributed by atoms with Crippen LogP contribution in [0.3, 0.4) is 0 Å². The molecule has 3 rings (SSSR count). The second-order valence-electron chi connectivity index (χ2n) is 6.70. The van der Waals surface area contributed by atoms with Gasteiger partial charge in [-0.3, -0.25) is 4.79 Å². The summed E-state index contributed by atoms with van der Waals surface area (Å²) in [4.78, 5) is 16.7. The number of rotatable bonds is 5. The minimum atomic E-state index is -4.28. The van der Waals surface area contributed by atoms with Gasteiger partial charge in [0.15, 0.2) is 0 Å². The van der Waals surface area contributed by atoms with Gasteiger partial charge in [-0.05, 0) is 39.0 Å². The number of carbonyl (C=O) groups excluding carboxylic acids is 1. The molecule has 1 aromatic carbocycles. The zero-order valence-corrected chi connectivity index (χ0v) is 16.5. The first kappa shape index (κ1) is 20.1. The van der Waals surface area contributed by atoms with Crippen molar-refractivity contribution in [3.63, 3.8) is 0 Å². The molecule has 0 fully saturated rings. The summed E-state index contributed by atoms with van der Waals surface area (Å²) in [5, 5.41) is 5.20. The predicted molar refractivity (Wildman–Crippen MR) is 105 cm³/mol. The summed E-state index contributed by atoms with van der Waals surface area (Å²) < 4.78 is 39.6. The van der Waals surface area contributed by atoms with Crippen molar-refractivity contribution in [2.24, 2.45) is 0 Å². The van der Waals surface area contributed by atoms with E-state index in [1.807, 2.05) is 31.2 Å². The van der Waals surface area contributed by atoms with Crippen LogP contribution in [0.4, 0.5) is 18.9 Å². The molecule has 0 radical (unpaired) electrons. The molecule has 8 heteroatoms. The maximum Gasteiger partial charge on any atom is 0.406 e. The summed E-state index contributed by atoms with van der Waals surface area (Å²) in [5.41, 5.74) is 4.09. The Morgan fingerprint density at radius 3 is 2.50 bits per heavy atom. The lowest BCUT2D eigenvalue weighted by Crippen LogP contribution is -2.19. The van der Waals surface area contributed by atoms with E-state index in [2.05, 4.69) is 10.3 Å². The third-order valence-electron chi connectivity index (χ3n) is 4.39. The van der Waals surface area contributed by atoms with Crippen molar-refractivity contribution in [2.45, 2.75) is 39.9 Å². The van der Waals surface area contributed by atoms with E-state index in [0.29, 0.717) is 33.3 Å². The number of nitrogens with zero attached hydrogens (tertiary/aromatic N) is 2. The molecule has 2 aromatic heterocycles. The Morgan fingerprint density at radius 1 is 1.18 bits per heavy atom. The minimum absolute atomic E-state index is 0.111. The Bertz CT molecular complexity index is 987. The Kier molecular flexibility index (Phi) is 5.60. The molecule has 0 aliphatic carbocycles. The average molecular weight is 407 g/mol. The molecular formula is C20H20F3N3OS. The predicted octanol–water partition coefficient (Wildman–Crippen LogP) is 5.28. The molecule has 0 aliphatic rings. The Balaban J connectivity index is 1.73. The molecule has 148 valence electrons. The number of hydrogen-bond acceptors (Lipinski definition) is 3. The van der Waals surface area contributed by atoms with Crippen LogP contribution in [-0.2, 0) is 17.8 Å². The lowest BCUT2D eigenvalue weighted by atomic mass is 10.2. The first-order valence-electron chi connectivity index (χ1n) is 8.67. The SMILES string of the molecule is Cc1ccc(NC(=O)Cc2nc(-c3cc(C)n(CC(F)(F)F)c3C)cs2)cc1. The number of hydrogen-bond donors (Lipinski definition) is 1. The van der Waals surface area contributed by atoms with Gasteiger partial charge in [0.1, 0.15) is 11.6 Å². The maximum atomic E-state index is 12.8. The number of aryl methyl sites for hydroxylation is 2. The van der Waals surface area contributed by atoms with Crippen LogP contribution in [-0.4, -0.2) is 21.6 Å². The lowest BCUT2D eigenvalue weighted by molar-refractivity contribution is -0.141. The van der Waals surface area contributed by atoms with Gasteiger partial charge in [-0.15, -0.1) is 11.3 Å². The standard InChI is InChI=1S/C20H20F3N3OS/c1-12-4-6-15(7-5-12)24-18(27)9-19-25-17(10-28-19)16-8-13(2)26(14(16)3)11-20(21,22)23/h4-8,10H,9,11H2,1-3H3,(H,24,27). The van der Waals surface area contributed by atoms with Gasteiger partial charge in [0.05, 0.1) is 12.1 Å². The second kappa shape index (κ2) is 7.79. The zero-order chi connectivity index (χ0) is 20.5. The normalized spacial score (nSPS) is 11.6. The van der Waals surface area contributed by atoms with E-state index < -0.39 is 12.7 Å². The van der Waals surface area contributed by atoms with E-state index in [4.69, 9.17) is 0 Å². The van der Waals surface area contributed by atoms with Crippen molar-refractivity contribution >= 4 is 22.9 Å². The molecule has 28 heavy (non-hydrogen) atoms. The van der Waals surface area contributed by atoms with Gasteiger partial charge in [-0.2, -0.15) is 13.2 Å². The first-order valence-corrected chi connectivity index (χ1v) is 9.55. The van der Waals surface area contributed by atoms with Crippen LogP contribution in [0.5, 0.6) is 0 Å². The average Bonchev–Trinajstić information content (AvgIpc) is 3.15. The van der Waals surface area contributed by atoms with E-state index >= 15 is 0 Å². The number of amides is 1. The highest BCUT2D eigenvalue weighted by Crippen LogP contribution is 2.30. The lowest BCUT2D eigenvalue weighted by Gasteiger charge is -2.12. The Labute approximate surface area is 165 Å². The monoisotopic (exact) mass is 407 g/mol. The van der Waals surface area contributed by atoms with Crippen LogP contribution in [0.15, 0.2) is 35.7 Å². The molecule has 1 amide bonds. The third-order valence-corrected chi connectivity index (χ3v) is 5.23. The molecule has 0 atom stereocenters. The molecule has 0 bridgehead atoms. The summed E-state index contributed by atoms with van der Waals surface area (Å²) in [6, 6.07) is 9.18. The molecule has 1 N–H and O–H groups in total. The fourth-order valence-electron chi connectivity index (χ4n) is 2.98. The van der Waals surface area contributed by atoms with E-state index in [0.717, 1.165) is 5.56 Å². The van der Waals surface area contributed by atoms with Crippen molar-refractivity contribution in [3.05, 3.63) is 57.7 Å². The van der Waals surface area contributed by atoms with Crippen molar-refractivity contribution in [1.82, 2.24) is 9.55 Å². The number of alkyl halides is 3. The largest absolute Gasteiger partial charge is 0.406 e. The number of nitrogens with one attached hydrogen (secondary N) is 1. The molecular weight excluding hydrogens is 387 g/mol. The second-order valence-corrected chi connectivity index (χ2v) is 7.65. The van der Waals surface area contributed by atoms with Crippen LogP contribution in [0, 0.1) is 20.8 Å². The number of benzene rings is 1. The summed E-state index contributed by atoms with van der Waals surface area (Å²) in [6.07, 6.45) is -4.17. The van der Waals surface area contributed by atoms with Crippen LogP contribution in [0.1, 0.15) is 22.0 Å². The van der Waals surface area contributed by atoms with Gasteiger partial charge >= 0.3 is 6.18 Å². The number of aromatic nitrogens is 2. The van der Waals surface area contributed by atoms with Crippen molar-refractivity contribution in [2.75, 3.05) is 5.32 Å². The highest BCUT2D eigenvalue weighted by atomic mass is 32.1. The Hall–Kier alpha value is -2.61. The van der Waals surface area contributed by atoms with Crippen molar-refractivity contribution in [1.29, 1.82) is 0 Å². The van der Waals surface area contributed by atoms with Crippen LogP contribution >= 0.6 is 11.3 Å². The summed E-state index contributed by atoms with van der Waals surface area (Å²) in [6.45, 7) is 4.23. The third kappa shape index (κ3) is 4.81. The van der Waals surface area contributed by atoms with Crippen molar-refractivity contribution < 1.29 is 18.0 Å². The maximum absolute atomic E-state index is 12.8. The fraction of sp³-hybridized carbons (Fsp3) is 0.300. The quantitative estimate of drug-likeness (QED) is 0.625. The highest BCUT2D eigenvalue weighted by Gasteiger charge is 2.30. The number of halogens is 3. The molecule has 0 saturated heterocycles. The van der Waals surface area contributed by atoms with E-state index in [-0.39, 0.29) is 12.3 Å². The van der Waals surface area contributed by atoms with Gasteiger partial charge in [0.2, 0.25) is 5.91 Å². The van der Waals surface area contributed by atoms with E-state index in [9.17, 15) is 18.0 Å². The van der Waals surface area contributed by atoms with Gasteiger partial charge < -0.3 is 9.88 Å². The van der Waals surface area contributed by atoms with Gasteiger partial charge in [-0.1, -0.05) is 17.7 Å². The number of carbonyl (C=O) groups is 1. The van der Waals surface area contributed by atoms with Crippen LogP contribution < -0.4 is 5.32 Å². The number of anilines is 1. The highest BCUT2D eigenvalue weighted by molar-refractivity contribution is 7.10. The summed E-state index contributed by atoms with van der Waals surface area (Å²) >= 11 is 1.32. The van der Waals surface area contributed by atoms with E-state index in [1.165, 1.54) is 15.9 Å². The van der Waals surface area contributed by atoms with E-state index in [1.54, 1.807) is 25.3 Å². The Morgan fingerprint density at radius 2 is 1.86 bits per heavy atom. The van der Waals surface area contributed by atoms with Gasteiger partial charge in [0, 0.05) is 28.0 Å². The topological polar surface area (TPSA) is 46.9 Å².